The van der Waals surface area contributed by atoms with Gasteiger partial charge in [-0.2, -0.15) is 0 Å². The molecule has 1 unspecified atom stereocenters. The third-order valence-electron chi connectivity index (χ3n) is 3.80. The molecule has 8 nitrogen and oxygen atoms in total. The van der Waals surface area contributed by atoms with E-state index in [2.05, 4.69) is 19.4 Å². The molecule has 3 aromatic heterocycles. The highest BCUT2D eigenvalue weighted by molar-refractivity contribution is 6.02. The van der Waals surface area contributed by atoms with E-state index in [-0.39, 0.29) is 11.9 Å². The highest BCUT2D eigenvalue weighted by Gasteiger charge is 2.31. The molecule has 0 aliphatic carbocycles. The van der Waals surface area contributed by atoms with Gasteiger partial charge in [0.25, 0.3) is 0 Å². The average molecular weight is 356 g/mol. The van der Waals surface area contributed by atoms with Gasteiger partial charge in [-0.1, -0.05) is 6.07 Å². The van der Waals surface area contributed by atoms with Crippen molar-refractivity contribution >= 4 is 23.0 Å². The number of rotatable bonds is 2. The van der Waals surface area contributed by atoms with Crippen molar-refractivity contribution in [1.29, 1.82) is 0 Å². The summed E-state index contributed by atoms with van der Waals surface area (Å²) >= 11 is 0. The number of aromatic nitrogens is 2. The molecule has 0 bridgehead atoms. The van der Waals surface area contributed by atoms with E-state index >= 15 is 0 Å². The van der Waals surface area contributed by atoms with Crippen LogP contribution < -0.4 is 4.74 Å². The Hall–Kier alpha value is -3.42. The number of pyridine rings is 2. The maximum atomic E-state index is 11.2. The minimum atomic E-state index is -0.410. The SMILES string of the molecule is COC(=O)C1COc2ncccc21.COC(=O)c1coc2ncccc12. The molecule has 0 fully saturated rings. The van der Waals surface area contributed by atoms with Crippen molar-refractivity contribution in [2.75, 3.05) is 20.8 Å². The van der Waals surface area contributed by atoms with Crippen molar-refractivity contribution in [3.8, 4) is 5.88 Å². The fraction of sp³-hybridized carbons (Fsp3) is 0.222. The van der Waals surface area contributed by atoms with E-state index in [1.54, 1.807) is 30.6 Å². The predicted octanol–water partition coefficient (Wildman–Crippen LogP) is 2.34. The van der Waals surface area contributed by atoms with E-state index in [4.69, 9.17) is 9.15 Å². The number of fused-ring (bicyclic) bond motifs is 2. The fourth-order valence-corrected chi connectivity index (χ4v) is 2.51. The second kappa shape index (κ2) is 7.64. The van der Waals surface area contributed by atoms with Gasteiger partial charge in [0.1, 0.15) is 24.4 Å². The molecule has 0 radical (unpaired) electrons. The first-order valence-corrected chi connectivity index (χ1v) is 7.71. The summed E-state index contributed by atoms with van der Waals surface area (Å²) in [4.78, 5) is 30.4. The molecule has 4 heterocycles. The Morgan fingerprint density at radius 2 is 1.88 bits per heavy atom. The van der Waals surface area contributed by atoms with E-state index in [9.17, 15) is 9.59 Å². The molecule has 134 valence electrons. The molecular formula is C18H16N2O6. The largest absolute Gasteiger partial charge is 0.476 e. The molecule has 0 spiro atoms. The van der Waals surface area contributed by atoms with Crippen LogP contribution in [0.1, 0.15) is 21.8 Å². The predicted molar refractivity (Wildman–Crippen MR) is 89.8 cm³/mol. The molecule has 0 saturated heterocycles. The number of hydrogen-bond acceptors (Lipinski definition) is 8. The minimum Gasteiger partial charge on any atom is -0.476 e. The van der Waals surface area contributed by atoms with Crippen molar-refractivity contribution < 1.29 is 28.2 Å². The van der Waals surface area contributed by atoms with Crippen LogP contribution in [0.25, 0.3) is 11.1 Å². The third kappa shape index (κ3) is 3.34. The van der Waals surface area contributed by atoms with Crippen LogP contribution in [-0.4, -0.2) is 42.7 Å². The number of esters is 2. The summed E-state index contributed by atoms with van der Waals surface area (Å²) < 4.78 is 19.5. The smallest absolute Gasteiger partial charge is 0.341 e. The van der Waals surface area contributed by atoms with Crippen LogP contribution in [0.15, 0.2) is 47.3 Å². The van der Waals surface area contributed by atoms with Crippen LogP contribution >= 0.6 is 0 Å². The van der Waals surface area contributed by atoms with Gasteiger partial charge in [-0.3, -0.25) is 4.79 Å². The van der Waals surface area contributed by atoms with Gasteiger partial charge in [-0.15, -0.1) is 0 Å². The van der Waals surface area contributed by atoms with Gasteiger partial charge < -0.3 is 18.6 Å². The molecule has 0 aromatic carbocycles. The van der Waals surface area contributed by atoms with E-state index < -0.39 is 5.97 Å². The molecule has 0 amide bonds. The van der Waals surface area contributed by atoms with Crippen LogP contribution in [-0.2, 0) is 14.3 Å². The lowest BCUT2D eigenvalue weighted by Crippen LogP contribution is -2.15. The molecule has 1 aliphatic heterocycles. The average Bonchev–Trinajstić information content (AvgIpc) is 3.31. The third-order valence-corrected chi connectivity index (χ3v) is 3.80. The Morgan fingerprint density at radius 3 is 2.65 bits per heavy atom. The van der Waals surface area contributed by atoms with E-state index in [1.165, 1.54) is 20.5 Å². The summed E-state index contributed by atoms with van der Waals surface area (Å²) in [7, 11) is 2.70. The molecule has 0 saturated carbocycles. The van der Waals surface area contributed by atoms with Gasteiger partial charge in [0.2, 0.25) is 11.6 Å². The fourth-order valence-electron chi connectivity index (χ4n) is 2.51. The van der Waals surface area contributed by atoms with E-state index in [0.717, 1.165) is 5.56 Å². The number of methoxy groups -OCH3 is 2. The summed E-state index contributed by atoms with van der Waals surface area (Å²) in [6.07, 6.45) is 4.59. The normalized spacial score (nSPS) is 14.6. The molecular weight excluding hydrogens is 340 g/mol. The van der Waals surface area contributed by atoms with Gasteiger partial charge in [-0.25, -0.2) is 14.8 Å². The van der Waals surface area contributed by atoms with E-state index in [0.29, 0.717) is 29.2 Å². The lowest BCUT2D eigenvalue weighted by atomic mass is 10.0. The summed E-state index contributed by atoms with van der Waals surface area (Å²) in [6, 6.07) is 7.11. The molecule has 3 aromatic rings. The molecule has 1 aliphatic rings. The number of nitrogens with zero attached hydrogens (tertiary/aromatic N) is 2. The molecule has 1 atom stereocenters. The van der Waals surface area contributed by atoms with E-state index in [1.807, 2.05) is 6.07 Å². The van der Waals surface area contributed by atoms with Crippen LogP contribution in [0.2, 0.25) is 0 Å². The lowest BCUT2D eigenvalue weighted by Gasteiger charge is -2.04. The number of hydrogen-bond donors (Lipinski definition) is 0. The van der Waals surface area contributed by atoms with Gasteiger partial charge in [0.05, 0.1) is 19.6 Å². The van der Waals surface area contributed by atoms with Crippen LogP contribution in [0.5, 0.6) is 5.88 Å². The van der Waals surface area contributed by atoms with Crippen molar-refractivity contribution in [2.24, 2.45) is 0 Å². The topological polar surface area (TPSA) is 101 Å². The first-order chi connectivity index (χ1) is 12.7. The van der Waals surface area contributed by atoms with Crippen LogP contribution in [0.4, 0.5) is 0 Å². The maximum Gasteiger partial charge on any atom is 0.341 e. The quantitative estimate of drug-likeness (QED) is 0.645. The summed E-state index contributed by atoms with van der Waals surface area (Å²) in [5.41, 5.74) is 1.67. The zero-order valence-electron chi connectivity index (χ0n) is 14.2. The van der Waals surface area contributed by atoms with Gasteiger partial charge in [0.15, 0.2) is 0 Å². The lowest BCUT2D eigenvalue weighted by molar-refractivity contribution is -0.142. The van der Waals surface area contributed by atoms with Crippen LogP contribution in [0, 0.1) is 0 Å². The number of ether oxygens (including phenoxy) is 3. The molecule has 4 rings (SSSR count). The zero-order chi connectivity index (χ0) is 18.5. The second-order valence-corrected chi connectivity index (χ2v) is 5.28. The molecule has 26 heavy (non-hydrogen) atoms. The summed E-state index contributed by atoms with van der Waals surface area (Å²) in [6.45, 7) is 0.332. The standard InChI is InChI=1S/C9H9NO3.C9H7NO3/c2*1-12-9(11)7-5-13-8-6(7)3-2-4-10-8/h2-4,7H,5H2,1H3;2-5H,1H3. The Morgan fingerprint density at radius 1 is 1.12 bits per heavy atom. The van der Waals surface area contributed by atoms with Crippen molar-refractivity contribution in [3.05, 3.63) is 54.0 Å². The Labute approximate surface area is 148 Å². The minimum absolute atomic E-state index is 0.272. The van der Waals surface area contributed by atoms with Gasteiger partial charge >= 0.3 is 11.9 Å². The number of furan rings is 1. The van der Waals surface area contributed by atoms with Crippen molar-refractivity contribution in [3.63, 3.8) is 0 Å². The molecule has 8 heteroatoms. The Balaban J connectivity index is 0.000000151. The van der Waals surface area contributed by atoms with Gasteiger partial charge in [-0.05, 0) is 18.2 Å². The van der Waals surface area contributed by atoms with Gasteiger partial charge in [0, 0.05) is 18.0 Å². The van der Waals surface area contributed by atoms with Crippen molar-refractivity contribution in [1.82, 2.24) is 9.97 Å². The first kappa shape index (κ1) is 17.4. The Kier molecular flexibility index (Phi) is 5.12. The first-order valence-electron chi connectivity index (χ1n) is 7.71. The molecule has 0 N–H and O–H groups in total. The highest BCUT2D eigenvalue weighted by atomic mass is 16.5. The summed E-state index contributed by atoms with van der Waals surface area (Å²) in [5.74, 6) is -0.454. The summed E-state index contributed by atoms with van der Waals surface area (Å²) in [5, 5.41) is 0.675. The van der Waals surface area contributed by atoms with Crippen LogP contribution in [0.3, 0.4) is 0 Å². The number of carbonyl (C=O) groups excluding carboxylic acids is 2. The second-order valence-electron chi connectivity index (χ2n) is 5.28. The number of carbonyl (C=O) groups is 2. The zero-order valence-corrected chi connectivity index (χ0v) is 14.2. The maximum absolute atomic E-state index is 11.2. The monoisotopic (exact) mass is 356 g/mol. The Bertz CT molecular complexity index is 936. The highest BCUT2D eigenvalue weighted by Crippen LogP contribution is 2.31. The van der Waals surface area contributed by atoms with Crippen molar-refractivity contribution in [2.45, 2.75) is 5.92 Å².